The molecule has 0 heterocycles. The number of phenolic OH excluding ortho intramolecular Hbond substituents is 2. The second kappa shape index (κ2) is 7.67. The van der Waals surface area contributed by atoms with E-state index in [4.69, 9.17) is 11.5 Å². The van der Waals surface area contributed by atoms with Gasteiger partial charge in [0.15, 0.2) is 0 Å². The van der Waals surface area contributed by atoms with Crippen molar-refractivity contribution in [1.82, 2.24) is 0 Å². The van der Waals surface area contributed by atoms with Gasteiger partial charge in [0.1, 0.15) is 11.5 Å². The molecule has 142 valence electrons. The number of halogens is 1. The minimum Gasteiger partial charge on any atom is -0.506 e. The average Bonchev–Trinajstić information content (AvgIpc) is 2.82. The molecule has 2 aromatic carbocycles. The largest absolute Gasteiger partial charge is 0.506 e. The van der Waals surface area contributed by atoms with Crippen molar-refractivity contribution >= 4 is 23.8 Å². The zero-order chi connectivity index (χ0) is 18.2. The van der Waals surface area contributed by atoms with Gasteiger partial charge in [-0.2, -0.15) is 0 Å². The molecule has 5 heteroatoms. The Kier molecular flexibility index (Phi) is 5.97. The number of unbranched alkanes of at least 4 members (excludes halogenated alkanes) is 2. The van der Waals surface area contributed by atoms with Gasteiger partial charge in [0.2, 0.25) is 0 Å². The van der Waals surface area contributed by atoms with Gasteiger partial charge in [0.25, 0.3) is 0 Å². The van der Waals surface area contributed by atoms with Gasteiger partial charge >= 0.3 is 0 Å². The quantitative estimate of drug-likeness (QED) is 0.405. The fourth-order valence-electron chi connectivity index (χ4n) is 4.21. The summed E-state index contributed by atoms with van der Waals surface area (Å²) in [6, 6.07) is 7.34. The first-order chi connectivity index (χ1) is 11.9. The molecule has 0 saturated heterocycles. The van der Waals surface area contributed by atoms with Gasteiger partial charge in [-0.25, -0.2) is 0 Å². The van der Waals surface area contributed by atoms with Gasteiger partial charge in [0, 0.05) is 5.41 Å². The second-order valence-corrected chi connectivity index (χ2v) is 7.20. The van der Waals surface area contributed by atoms with Crippen molar-refractivity contribution in [2.75, 3.05) is 11.5 Å². The molecule has 0 fully saturated rings. The fraction of sp³-hybridized carbons (Fsp3) is 0.429. The summed E-state index contributed by atoms with van der Waals surface area (Å²) < 4.78 is 0. The van der Waals surface area contributed by atoms with Crippen LogP contribution in [0.1, 0.15) is 63.5 Å². The third-order valence-electron chi connectivity index (χ3n) is 5.57. The molecule has 2 aromatic rings. The van der Waals surface area contributed by atoms with E-state index in [9.17, 15) is 10.2 Å². The Morgan fingerprint density at radius 2 is 1.15 bits per heavy atom. The summed E-state index contributed by atoms with van der Waals surface area (Å²) in [5.74, 6) is 0.252. The molecule has 1 aliphatic carbocycles. The maximum Gasteiger partial charge on any atom is 0.138 e. The Balaban J connectivity index is 0.00000243. The summed E-state index contributed by atoms with van der Waals surface area (Å²) in [5.41, 5.74) is 16.8. The monoisotopic (exact) mass is 376 g/mol. The minimum atomic E-state index is -0.201. The van der Waals surface area contributed by atoms with E-state index in [1.807, 2.05) is 24.3 Å². The smallest absolute Gasteiger partial charge is 0.138 e. The number of fused-ring (bicyclic) bond motifs is 3. The maximum atomic E-state index is 10.3. The third-order valence-corrected chi connectivity index (χ3v) is 5.57. The number of benzene rings is 2. The molecular weight excluding hydrogens is 348 g/mol. The molecule has 0 saturated carbocycles. The topological polar surface area (TPSA) is 92.5 Å². The second-order valence-electron chi connectivity index (χ2n) is 7.20. The first-order valence-electron chi connectivity index (χ1n) is 9.21. The SMILES string of the molecule is CCCCC1(CCCC)c2cc(O)c(N)cc2-c2cc(N)c(O)cc21.Cl. The number of phenols is 2. The number of hydrogen-bond donors (Lipinski definition) is 4. The van der Waals surface area contributed by atoms with E-state index in [-0.39, 0.29) is 29.3 Å². The van der Waals surface area contributed by atoms with Gasteiger partial charge in [-0.1, -0.05) is 39.5 Å². The molecule has 0 unspecified atom stereocenters. The number of anilines is 2. The van der Waals surface area contributed by atoms with Gasteiger partial charge < -0.3 is 21.7 Å². The van der Waals surface area contributed by atoms with Crippen LogP contribution in [-0.4, -0.2) is 10.2 Å². The number of rotatable bonds is 6. The normalized spacial score (nSPS) is 13.8. The molecule has 0 atom stereocenters. The summed E-state index contributed by atoms with van der Waals surface area (Å²) in [5, 5.41) is 20.5. The van der Waals surface area contributed by atoms with Gasteiger partial charge in [-0.3, -0.25) is 0 Å². The highest BCUT2D eigenvalue weighted by molar-refractivity contribution is 5.87. The first-order valence-corrected chi connectivity index (χ1v) is 9.21. The Bertz CT molecular complexity index is 738. The highest BCUT2D eigenvalue weighted by Crippen LogP contribution is 2.57. The Hall–Kier alpha value is -2.07. The molecule has 0 aromatic heterocycles. The number of nitrogen functional groups attached to an aromatic ring is 2. The Labute approximate surface area is 161 Å². The predicted octanol–water partition coefficient (Wildman–Crippen LogP) is 5.33. The van der Waals surface area contributed by atoms with Crippen LogP contribution in [0, 0.1) is 0 Å². The molecule has 0 radical (unpaired) electrons. The summed E-state index contributed by atoms with van der Waals surface area (Å²) in [6.45, 7) is 4.37. The van der Waals surface area contributed by atoms with Crippen LogP contribution in [-0.2, 0) is 5.41 Å². The number of hydrogen-bond acceptors (Lipinski definition) is 4. The van der Waals surface area contributed by atoms with Crippen LogP contribution in [0.5, 0.6) is 11.5 Å². The van der Waals surface area contributed by atoms with Gasteiger partial charge in [-0.15, -0.1) is 12.4 Å². The minimum absolute atomic E-state index is 0. The van der Waals surface area contributed by atoms with E-state index in [2.05, 4.69) is 13.8 Å². The van der Waals surface area contributed by atoms with E-state index in [1.165, 1.54) is 0 Å². The molecule has 0 aliphatic heterocycles. The van der Waals surface area contributed by atoms with Crippen molar-refractivity contribution in [3.8, 4) is 22.6 Å². The summed E-state index contributed by atoms with van der Waals surface area (Å²) in [6.07, 6.45) is 6.32. The molecule has 0 bridgehead atoms. The summed E-state index contributed by atoms with van der Waals surface area (Å²) >= 11 is 0. The maximum absolute atomic E-state index is 10.3. The molecule has 26 heavy (non-hydrogen) atoms. The van der Waals surface area contributed by atoms with Gasteiger partial charge in [-0.05, 0) is 59.4 Å². The number of aromatic hydroxyl groups is 2. The lowest BCUT2D eigenvalue weighted by Crippen LogP contribution is -2.25. The Morgan fingerprint density at radius 3 is 1.50 bits per heavy atom. The van der Waals surface area contributed by atoms with E-state index < -0.39 is 0 Å². The van der Waals surface area contributed by atoms with E-state index in [0.717, 1.165) is 60.8 Å². The zero-order valence-electron chi connectivity index (χ0n) is 15.5. The Morgan fingerprint density at radius 1 is 0.769 bits per heavy atom. The van der Waals surface area contributed by atoms with Crippen molar-refractivity contribution in [3.63, 3.8) is 0 Å². The van der Waals surface area contributed by atoms with Crippen molar-refractivity contribution in [2.24, 2.45) is 0 Å². The van der Waals surface area contributed by atoms with E-state index in [1.54, 1.807) is 0 Å². The average molecular weight is 377 g/mol. The lowest BCUT2D eigenvalue weighted by atomic mass is 9.70. The molecule has 1 aliphatic rings. The van der Waals surface area contributed by atoms with Crippen LogP contribution < -0.4 is 11.5 Å². The van der Waals surface area contributed by atoms with Crippen molar-refractivity contribution in [1.29, 1.82) is 0 Å². The molecular formula is C21H29ClN2O2. The van der Waals surface area contributed by atoms with E-state index >= 15 is 0 Å². The van der Waals surface area contributed by atoms with Crippen LogP contribution in [0.25, 0.3) is 11.1 Å². The lowest BCUT2D eigenvalue weighted by Gasteiger charge is -2.33. The molecule has 3 rings (SSSR count). The fourth-order valence-corrected chi connectivity index (χ4v) is 4.21. The summed E-state index contributed by atoms with van der Waals surface area (Å²) in [7, 11) is 0. The van der Waals surface area contributed by atoms with Crippen molar-refractivity contribution in [3.05, 3.63) is 35.4 Å². The molecule has 0 spiro atoms. The van der Waals surface area contributed by atoms with Crippen LogP contribution in [0.2, 0.25) is 0 Å². The van der Waals surface area contributed by atoms with Crippen molar-refractivity contribution < 1.29 is 10.2 Å². The van der Waals surface area contributed by atoms with Gasteiger partial charge in [0.05, 0.1) is 11.4 Å². The van der Waals surface area contributed by atoms with Crippen LogP contribution in [0.15, 0.2) is 24.3 Å². The van der Waals surface area contributed by atoms with Crippen molar-refractivity contribution in [2.45, 2.75) is 57.8 Å². The number of nitrogens with two attached hydrogens (primary N) is 2. The molecule has 4 nitrogen and oxygen atoms in total. The third kappa shape index (κ3) is 3.07. The predicted molar refractivity (Wildman–Crippen MR) is 111 cm³/mol. The van der Waals surface area contributed by atoms with Crippen LogP contribution in [0.4, 0.5) is 11.4 Å². The van der Waals surface area contributed by atoms with Crippen LogP contribution >= 0.6 is 12.4 Å². The zero-order valence-corrected chi connectivity index (χ0v) is 16.3. The highest BCUT2D eigenvalue weighted by atomic mass is 35.5. The molecule has 0 amide bonds. The first kappa shape index (κ1) is 20.2. The highest BCUT2D eigenvalue weighted by Gasteiger charge is 2.43. The lowest BCUT2D eigenvalue weighted by molar-refractivity contribution is 0.408. The van der Waals surface area contributed by atoms with Crippen LogP contribution in [0.3, 0.4) is 0 Å². The molecule has 6 N–H and O–H groups in total. The standard InChI is InChI=1S/C21H28N2O2.ClH/c1-3-5-7-21(8-6-4-2)15-11-19(24)17(22)9-13(15)14-10-18(23)20(25)12-16(14)21;/h9-12,24-25H,3-8,22-23H2,1-2H3;1H. The van der Waals surface area contributed by atoms with E-state index in [0.29, 0.717) is 11.4 Å². The summed E-state index contributed by atoms with van der Waals surface area (Å²) in [4.78, 5) is 0.